The van der Waals surface area contributed by atoms with Crippen molar-refractivity contribution < 1.29 is 14.3 Å². The third kappa shape index (κ3) is 4.98. The highest BCUT2D eigenvalue weighted by Gasteiger charge is 2.13. The van der Waals surface area contributed by atoms with Crippen LogP contribution in [0, 0.1) is 0 Å². The van der Waals surface area contributed by atoms with Gasteiger partial charge in [0.1, 0.15) is 5.75 Å². The number of ether oxygens (including phenoxy) is 1. The lowest BCUT2D eigenvalue weighted by Crippen LogP contribution is -2.28. The summed E-state index contributed by atoms with van der Waals surface area (Å²) in [4.78, 5) is 24.9. The molecule has 4 aromatic rings. The molecule has 0 saturated heterocycles. The number of hydrogen-bond donors (Lipinski definition) is 4. The minimum atomic E-state index is -0.361. The summed E-state index contributed by atoms with van der Waals surface area (Å²) in [6, 6.07) is 19.0. The van der Waals surface area contributed by atoms with E-state index in [0.717, 1.165) is 11.3 Å². The van der Waals surface area contributed by atoms with Crippen molar-refractivity contribution in [2.75, 3.05) is 17.7 Å². The van der Waals surface area contributed by atoms with E-state index in [1.54, 1.807) is 49.6 Å². The Balaban J connectivity index is 1.43. The molecule has 0 unspecified atom stereocenters. The van der Waals surface area contributed by atoms with Crippen LogP contribution in [0.25, 0.3) is 10.9 Å². The number of aromatic amines is 1. The predicted octanol–water partition coefficient (Wildman–Crippen LogP) is 4.80. The summed E-state index contributed by atoms with van der Waals surface area (Å²) in [5, 5.41) is 16.5. The van der Waals surface area contributed by atoms with E-state index in [0.29, 0.717) is 39.5 Å². The van der Waals surface area contributed by atoms with Gasteiger partial charge in [-0.1, -0.05) is 29.8 Å². The summed E-state index contributed by atoms with van der Waals surface area (Å²) < 4.78 is 5.19. The number of nitrogens with zero attached hydrogens (tertiary/aromatic N) is 1. The van der Waals surface area contributed by atoms with Crippen molar-refractivity contribution in [2.45, 2.75) is 6.54 Å². The van der Waals surface area contributed by atoms with E-state index in [1.807, 2.05) is 24.3 Å². The van der Waals surface area contributed by atoms with Crippen LogP contribution < -0.4 is 20.7 Å². The summed E-state index contributed by atoms with van der Waals surface area (Å²) in [5.41, 5.74) is 2.60. The van der Waals surface area contributed by atoms with Crippen molar-refractivity contribution in [1.82, 2.24) is 15.5 Å². The monoisotopic (exact) mass is 449 g/mol. The van der Waals surface area contributed by atoms with Crippen LogP contribution >= 0.6 is 11.6 Å². The second kappa shape index (κ2) is 9.40. The van der Waals surface area contributed by atoms with Gasteiger partial charge in [0, 0.05) is 28.2 Å². The maximum atomic E-state index is 12.5. The van der Waals surface area contributed by atoms with Gasteiger partial charge in [0.15, 0.2) is 5.82 Å². The molecule has 1 heterocycles. The normalized spacial score (nSPS) is 10.6. The van der Waals surface area contributed by atoms with Crippen LogP contribution in [0.3, 0.4) is 0 Å². The fourth-order valence-corrected chi connectivity index (χ4v) is 3.33. The number of halogens is 1. The molecule has 0 spiro atoms. The third-order valence-corrected chi connectivity index (χ3v) is 4.96. The van der Waals surface area contributed by atoms with E-state index >= 15 is 0 Å². The molecular weight excluding hydrogens is 430 g/mol. The van der Waals surface area contributed by atoms with Gasteiger partial charge in [0.05, 0.1) is 12.6 Å². The quantitative estimate of drug-likeness (QED) is 0.339. The Morgan fingerprint density at radius 1 is 1.03 bits per heavy atom. The fourth-order valence-electron chi connectivity index (χ4n) is 3.14. The van der Waals surface area contributed by atoms with Gasteiger partial charge < -0.3 is 20.7 Å². The smallest absolute Gasteiger partial charge is 0.319 e. The van der Waals surface area contributed by atoms with Gasteiger partial charge in [0.25, 0.3) is 5.91 Å². The molecule has 0 aliphatic rings. The zero-order valence-corrected chi connectivity index (χ0v) is 17.9. The number of benzene rings is 3. The second-order valence-electron chi connectivity index (χ2n) is 6.96. The van der Waals surface area contributed by atoms with Gasteiger partial charge in [-0.05, 0) is 54.1 Å². The zero-order chi connectivity index (χ0) is 22.5. The van der Waals surface area contributed by atoms with E-state index in [4.69, 9.17) is 16.3 Å². The summed E-state index contributed by atoms with van der Waals surface area (Å²) in [6.45, 7) is 0.345. The molecule has 0 bridgehead atoms. The number of aromatic nitrogens is 2. The maximum Gasteiger partial charge on any atom is 0.319 e. The largest absolute Gasteiger partial charge is 0.497 e. The number of fused-ring (bicyclic) bond motifs is 1. The number of anilines is 2. The van der Waals surface area contributed by atoms with Crippen molar-refractivity contribution in [3.8, 4) is 5.75 Å². The average molecular weight is 450 g/mol. The molecule has 3 aromatic carbocycles. The Morgan fingerprint density at radius 2 is 1.88 bits per heavy atom. The molecule has 9 heteroatoms. The number of hydrogen-bond acceptors (Lipinski definition) is 4. The first kappa shape index (κ1) is 21.2. The number of carbonyl (C=O) groups is 2. The second-order valence-corrected chi connectivity index (χ2v) is 7.39. The number of rotatable bonds is 6. The van der Waals surface area contributed by atoms with Crippen molar-refractivity contribution >= 4 is 45.9 Å². The number of H-pyrrole nitrogens is 1. The molecule has 0 radical (unpaired) electrons. The van der Waals surface area contributed by atoms with E-state index in [9.17, 15) is 9.59 Å². The first-order chi connectivity index (χ1) is 15.5. The maximum absolute atomic E-state index is 12.5. The highest BCUT2D eigenvalue weighted by atomic mass is 35.5. The van der Waals surface area contributed by atoms with Gasteiger partial charge in [-0.3, -0.25) is 9.89 Å². The standard InChI is InChI=1S/C23H20ClN5O3/c1-32-18-7-2-4-14(10-18)13-25-23(31)26-17-8-9-20-19(12-17)21(29-28-20)27-22(30)15-5-3-6-16(24)11-15/h2-12H,13H2,1H3,(H2,25,26,31)(H2,27,28,29,30). The van der Waals surface area contributed by atoms with Gasteiger partial charge >= 0.3 is 6.03 Å². The van der Waals surface area contributed by atoms with Gasteiger partial charge in [-0.25, -0.2) is 4.79 Å². The molecule has 8 nitrogen and oxygen atoms in total. The van der Waals surface area contributed by atoms with E-state index in [1.165, 1.54) is 0 Å². The van der Waals surface area contributed by atoms with Crippen LogP contribution in [-0.2, 0) is 6.54 Å². The van der Waals surface area contributed by atoms with Crippen LogP contribution in [-0.4, -0.2) is 29.2 Å². The first-order valence-electron chi connectivity index (χ1n) is 9.74. The molecule has 162 valence electrons. The molecule has 0 atom stereocenters. The predicted molar refractivity (Wildman–Crippen MR) is 124 cm³/mol. The Labute approximate surface area is 188 Å². The minimum absolute atomic E-state index is 0.338. The topological polar surface area (TPSA) is 108 Å². The van der Waals surface area contributed by atoms with Crippen molar-refractivity contribution in [3.63, 3.8) is 0 Å². The summed E-state index contributed by atoms with van der Waals surface area (Å²) in [5.74, 6) is 0.739. The van der Waals surface area contributed by atoms with Gasteiger partial charge in [-0.2, -0.15) is 5.10 Å². The zero-order valence-electron chi connectivity index (χ0n) is 17.1. The Bertz CT molecular complexity index is 1290. The van der Waals surface area contributed by atoms with Crippen LogP contribution in [0.5, 0.6) is 5.75 Å². The molecular formula is C23H20ClN5O3. The highest BCUT2D eigenvalue weighted by Crippen LogP contribution is 2.25. The third-order valence-electron chi connectivity index (χ3n) is 4.73. The Kier molecular flexibility index (Phi) is 6.23. The number of carbonyl (C=O) groups excluding carboxylic acids is 2. The van der Waals surface area contributed by atoms with Crippen molar-refractivity contribution in [3.05, 3.63) is 82.9 Å². The lowest BCUT2D eigenvalue weighted by atomic mass is 10.2. The van der Waals surface area contributed by atoms with Crippen molar-refractivity contribution in [2.24, 2.45) is 0 Å². The van der Waals surface area contributed by atoms with E-state index in [-0.39, 0.29) is 11.9 Å². The molecule has 0 aliphatic heterocycles. The Hall–Kier alpha value is -4.04. The molecule has 1 aromatic heterocycles. The SMILES string of the molecule is COc1cccc(CNC(=O)Nc2ccc3[nH]nc(NC(=O)c4cccc(Cl)c4)c3c2)c1. The van der Waals surface area contributed by atoms with Crippen molar-refractivity contribution in [1.29, 1.82) is 0 Å². The van der Waals surface area contributed by atoms with Crippen LogP contribution in [0.4, 0.5) is 16.3 Å². The molecule has 0 aliphatic carbocycles. The minimum Gasteiger partial charge on any atom is -0.497 e. The highest BCUT2D eigenvalue weighted by molar-refractivity contribution is 6.31. The van der Waals surface area contributed by atoms with Crippen LogP contribution in [0.1, 0.15) is 15.9 Å². The summed E-state index contributed by atoms with van der Waals surface area (Å²) in [6.07, 6.45) is 0. The lowest BCUT2D eigenvalue weighted by Gasteiger charge is -2.09. The Morgan fingerprint density at radius 3 is 2.69 bits per heavy atom. The molecule has 0 fully saturated rings. The fraction of sp³-hybridized carbons (Fsp3) is 0.0870. The van der Waals surface area contributed by atoms with Crippen LogP contribution in [0.2, 0.25) is 5.02 Å². The average Bonchev–Trinajstić information content (AvgIpc) is 3.19. The van der Waals surface area contributed by atoms with Gasteiger partial charge in [0.2, 0.25) is 0 Å². The van der Waals surface area contributed by atoms with Gasteiger partial charge in [-0.15, -0.1) is 0 Å². The lowest BCUT2D eigenvalue weighted by molar-refractivity contribution is 0.102. The van der Waals surface area contributed by atoms with E-state index < -0.39 is 0 Å². The van der Waals surface area contributed by atoms with Crippen LogP contribution in [0.15, 0.2) is 66.7 Å². The summed E-state index contributed by atoms with van der Waals surface area (Å²) in [7, 11) is 1.59. The molecule has 0 saturated carbocycles. The first-order valence-corrected chi connectivity index (χ1v) is 10.1. The number of amides is 3. The van der Waals surface area contributed by atoms with E-state index in [2.05, 4.69) is 26.1 Å². The number of methoxy groups -OCH3 is 1. The number of urea groups is 1. The molecule has 4 rings (SSSR count). The number of nitrogens with one attached hydrogen (secondary N) is 4. The molecule has 4 N–H and O–H groups in total. The molecule has 32 heavy (non-hydrogen) atoms. The summed E-state index contributed by atoms with van der Waals surface area (Å²) >= 11 is 5.96. The molecule has 3 amide bonds.